The molecule has 1 heterocycles. The van der Waals surface area contributed by atoms with Gasteiger partial charge in [-0.3, -0.25) is 4.79 Å². The lowest BCUT2D eigenvalue weighted by atomic mass is 9.94. The van der Waals surface area contributed by atoms with E-state index in [0.29, 0.717) is 42.1 Å². The van der Waals surface area contributed by atoms with Crippen molar-refractivity contribution in [1.82, 2.24) is 5.32 Å². The van der Waals surface area contributed by atoms with Crippen LogP contribution in [0.3, 0.4) is 0 Å². The first-order chi connectivity index (χ1) is 18.9. The van der Waals surface area contributed by atoms with Gasteiger partial charge in [-0.2, -0.15) is 0 Å². The molecule has 0 spiro atoms. The summed E-state index contributed by atoms with van der Waals surface area (Å²) in [7, 11) is 0. The highest BCUT2D eigenvalue weighted by atomic mass is 16.5. The lowest BCUT2D eigenvalue weighted by Gasteiger charge is -2.31. The number of carboxylic acid groups (broad SMARTS) is 1. The van der Waals surface area contributed by atoms with Crippen LogP contribution in [0.4, 0.5) is 5.69 Å². The minimum atomic E-state index is -0.976. The summed E-state index contributed by atoms with van der Waals surface area (Å²) < 4.78 is 5.86. The van der Waals surface area contributed by atoms with Crippen molar-refractivity contribution >= 4 is 17.6 Å². The maximum Gasteiger partial charge on any atom is 0.336 e. The van der Waals surface area contributed by atoms with Gasteiger partial charge >= 0.3 is 5.97 Å². The summed E-state index contributed by atoms with van der Waals surface area (Å²) >= 11 is 0. The Morgan fingerprint density at radius 1 is 1.05 bits per heavy atom. The number of hydrogen-bond acceptors (Lipinski definition) is 6. The lowest BCUT2D eigenvalue weighted by molar-refractivity contribution is 0.0695. The van der Waals surface area contributed by atoms with Crippen LogP contribution in [0.2, 0.25) is 0 Å². The smallest absolute Gasteiger partial charge is 0.336 e. The fraction of sp³-hybridized carbons (Fsp3) is 0.161. The molecule has 8 heteroatoms. The van der Waals surface area contributed by atoms with Crippen LogP contribution in [0.25, 0.3) is 0 Å². The molecule has 1 atom stereocenters. The highest BCUT2D eigenvalue weighted by molar-refractivity contribution is 5.95. The van der Waals surface area contributed by atoms with Crippen LogP contribution in [0.1, 0.15) is 37.8 Å². The number of nitrogens with one attached hydrogen (secondary N) is 1. The Kier molecular flexibility index (Phi) is 7.23. The van der Waals surface area contributed by atoms with Gasteiger partial charge in [0.15, 0.2) is 11.5 Å². The Morgan fingerprint density at radius 3 is 2.72 bits per heavy atom. The number of ether oxygens (including phenoxy) is 1. The van der Waals surface area contributed by atoms with E-state index in [1.165, 1.54) is 12.1 Å². The van der Waals surface area contributed by atoms with Gasteiger partial charge in [-0.05, 0) is 59.2 Å². The van der Waals surface area contributed by atoms with Gasteiger partial charge in [0, 0.05) is 18.7 Å². The molecule has 8 nitrogen and oxygen atoms in total. The van der Waals surface area contributed by atoms with Crippen LogP contribution in [0.5, 0.6) is 17.2 Å². The zero-order valence-electron chi connectivity index (χ0n) is 20.9. The first kappa shape index (κ1) is 25.5. The Labute approximate surface area is 225 Å². The topological polar surface area (TPSA) is 119 Å². The molecular formula is C31H26N2O6. The molecule has 2 aliphatic rings. The lowest BCUT2D eigenvalue weighted by Crippen LogP contribution is -2.34. The van der Waals surface area contributed by atoms with Crippen molar-refractivity contribution in [3.63, 3.8) is 0 Å². The third kappa shape index (κ3) is 5.73. The maximum absolute atomic E-state index is 12.7. The Bertz CT molecular complexity index is 1560. The van der Waals surface area contributed by atoms with Gasteiger partial charge in [0.2, 0.25) is 0 Å². The second-order valence-corrected chi connectivity index (χ2v) is 9.20. The van der Waals surface area contributed by atoms with Gasteiger partial charge in [-0.15, -0.1) is 0 Å². The first-order valence-corrected chi connectivity index (χ1v) is 12.4. The monoisotopic (exact) mass is 522 g/mol. The van der Waals surface area contributed by atoms with Crippen molar-refractivity contribution in [1.29, 1.82) is 0 Å². The van der Waals surface area contributed by atoms with Crippen molar-refractivity contribution in [2.45, 2.75) is 12.5 Å². The minimum Gasteiger partial charge on any atom is -0.504 e. The number of phenolic OH excluding ortho intramolecular Hbond substituents is 2. The fourth-order valence-corrected chi connectivity index (χ4v) is 4.55. The normalized spacial score (nSPS) is 15.6. The molecule has 1 unspecified atom stereocenters. The Balaban J connectivity index is 1.26. The number of carboxylic acids is 1. The van der Waals surface area contributed by atoms with Gasteiger partial charge in [0.1, 0.15) is 12.4 Å². The zero-order chi connectivity index (χ0) is 27.4. The van der Waals surface area contributed by atoms with E-state index in [-0.39, 0.29) is 35.4 Å². The molecule has 0 fully saturated rings. The molecule has 1 aliphatic carbocycles. The molecule has 39 heavy (non-hydrogen) atoms. The van der Waals surface area contributed by atoms with E-state index in [9.17, 15) is 24.9 Å². The molecule has 0 radical (unpaired) electrons. The Morgan fingerprint density at radius 2 is 1.90 bits per heavy atom. The highest BCUT2D eigenvalue weighted by Gasteiger charge is 2.21. The number of nitrogens with zero attached hydrogens (tertiary/aromatic N) is 1. The number of aromatic hydroxyl groups is 2. The van der Waals surface area contributed by atoms with Gasteiger partial charge in [-0.25, -0.2) is 4.79 Å². The van der Waals surface area contributed by atoms with Crippen molar-refractivity contribution in [2.24, 2.45) is 0 Å². The van der Waals surface area contributed by atoms with Gasteiger partial charge in [0.05, 0.1) is 23.7 Å². The van der Waals surface area contributed by atoms with Gasteiger partial charge in [0.25, 0.3) is 5.91 Å². The minimum absolute atomic E-state index is 0.191. The maximum atomic E-state index is 12.7. The zero-order valence-corrected chi connectivity index (χ0v) is 20.9. The molecule has 0 saturated carbocycles. The summed E-state index contributed by atoms with van der Waals surface area (Å²) in [4.78, 5) is 26.5. The molecule has 1 amide bonds. The predicted molar refractivity (Wildman–Crippen MR) is 146 cm³/mol. The molecule has 0 saturated heterocycles. The Hall–Kier alpha value is -5.16. The van der Waals surface area contributed by atoms with E-state index < -0.39 is 5.97 Å². The summed E-state index contributed by atoms with van der Waals surface area (Å²) in [6.07, 6.45) is 5.74. The molecule has 1 aliphatic heterocycles. The molecule has 196 valence electrons. The van der Waals surface area contributed by atoms with Crippen LogP contribution in [0, 0.1) is 11.8 Å². The summed E-state index contributed by atoms with van der Waals surface area (Å²) in [5.74, 6) is 4.77. The van der Waals surface area contributed by atoms with Crippen molar-refractivity contribution in [3.8, 4) is 29.1 Å². The average Bonchev–Trinajstić information content (AvgIpc) is 3.19. The summed E-state index contributed by atoms with van der Waals surface area (Å²) in [6.45, 7) is 1.88. The fourth-order valence-electron chi connectivity index (χ4n) is 4.55. The number of benzene rings is 3. The predicted octanol–water partition coefficient (Wildman–Crippen LogP) is 4.21. The molecule has 0 bridgehead atoms. The van der Waals surface area contributed by atoms with Crippen LogP contribution >= 0.6 is 0 Å². The second-order valence-electron chi connectivity index (χ2n) is 9.20. The summed E-state index contributed by atoms with van der Waals surface area (Å²) in [6, 6.07) is 16.6. The number of phenols is 2. The third-order valence-corrected chi connectivity index (χ3v) is 6.57. The average molecular weight is 523 g/mol. The third-order valence-electron chi connectivity index (χ3n) is 6.57. The molecule has 0 aromatic heterocycles. The van der Waals surface area contributed by atoms with E-state index in [4.69, 9.17) is 4.74 Å². The van der Waals surface area contributed by atoms with Crippen LogP contribution < -0.4 is 15.0 Å². The van der Waals surface area contributed by atoms with Gasteiger partial charge in [-0.1, -0.05) is 48.3 Å². The van der Waals surface area contributed by atoms with Crippen LogP contribution in [-0.2, 0) is 6.54 Å². The van der Waals surface area contributed by atoms with E-state index >= 15 is 0 Å². The molecule has 5 rings (SSSR count). The molecular weight excluding hydrogens is 496 g/mol. The van der Waals surface area contributed by atoms with E-state index in [1.807, 2.05) is 30.4 Å². The quantitative estimate of drug-likeness (QED) is 0.271. The largest absolute Gasteiger partial charge is 0.504 e. The van der Waals surface area contributed by atoms with Crippen molar-refractivity contribution < 1.29 is 29.6 Å². The molecule has 3 aromatic carbocycles. The number of aromatic carboxylic acids is 1. The summed E-state index contributed by atoms with van der Waals surface area (Å²) in [5, 5.41) is 31.4. The van der Waals surface area contributed by atoms with Crippen molar-refractivity contribution in [3.05, 3.63) is 107 Å². The number of rotatable bonds is 7. The second kappa shape index (κ2) is 11.1. The molecule has 4 N–H and O–H groups in total. The number of hydrogen-bond donors (Lipinski definition) is 4. The SMILES string of the molecule is O=C(NCc1ccc(O)c(O)c1)c1ccc2c(c1)OCCN2CC1=CC#CC(c2ccccc2C(=O)O)C=C1. The summed E-state index contributed by atoms with van der Waals surface area (Å²) in [5.41, 5.74) is 3.84. The standard InChI is InChI=1S/C31H26N2O6/c34-27-13-9-21(16-28(27)35)18-32-30(36)23-11-12-26-29(17-23)39-15-14-33(26)19-20-4-3-5-22(10-8-20)24-6-1-2-7-25(24)31(37)38/h1-2,4,6-13,16-17,22,34-35H,14-15,18-19H2,(H,32,36)(H,37,38). The van der Waals surface area contributed by atoms with E-state index in [2.05, 4.69) is 22.1 Å². The molecule has 3 aromatic rings. The van der Waals surface area contributed by atoms with Gasteiger partial charge < -0.3 is 30.3 Å². The van der Waals surface area contributed by atoms with E-state index in [0.717, 1.165) is 11.3 Å². The number of allylic oxidation sites excluding steroid dienone is 2. The number of carbonyl (C=O) groups is 2. The van der Waals surface area contributed by atoms with E-state index in [1.54, 1.807) is 36.4 Å². The highest BCUT2D eigenvalue weighted by Crippen LogP contribution is 2.33. The number of carbonyl (C=O) groups excluding carboxylic acids is 1. The number of amides is 1. The van der Waals surface area contributed by atoms with Crippen LogP contribution in [0.15, 0.2) is 84.5 Å². The number of fused-ring (bicyclic) bond motifs is 1. The first-order valence-electron chi connectivity index (χ1n) is 12.4. The number of anilines is 1. The van der Waals surface area contributed by atoms with Crippen molar-refractivity contribution in [2.75, 3.05) is 24.6 Å². The van der Waals surface area contributed by atoms with Crippen LogP contribution in [-0.4, -0.2) is 46.9 Å².